The highest BCUT2D eigenvalue weighted by Gasteiger charge is 2.30. The van der Waals surface area contributed by atoms with E-state index in [1.807, 2.05) is 0 Å². The average Bonchev–Trinajstić information content (AvgIpc) is 3.72. The van der Waals surface area contributed by atoms with Crippen LogP contribution in [0.4, 0.5) is 18.9 Å². The van der Waals surface area contributed by atoms with Crippen LogP contribution in [0.15, 0.2) is 89.3 Å². The molecule has 2 amide bonds. The molecule has 8 nitrogen and oxygen atoms in total. The van der Waals surface area contributed by atoms with Crippen molar-refractivity contribution in [2.45, 2.75) is 12.3 Å². The fourth-order valence-corrected chi connectivity index (χ4v) is 7.13. The Morgan fingerprint density at radius 3 is 2.29 bits per heavy atom. The molecular formula is C36H32F3N3O5S. The molecule has 4 aromatic carbocycles. The Kier molecular flexibility index (Phi) is 9.02. The number of carbonyl (C=O) groups excluding carboxylic acids is 2. The van der Waals surface area contributed by atoms with Crippen LogP contribution in [-0.2, 0) is 10.0 Å². The molecule has 0 radical (unpaired) electrons. The lowest BCUT2D eigenvalue weighted by Gasteiger charge is -2.24. The molecule has 1 unspecified atom stereocenters. The van der Waals surface area contributed by atoms with Gasteiger partial charge in [-0.2, -0.15) is 0 Å². The minimum absolute atomic E-state index is 0.0512. The van der Waals surface area contributed by atoms with Gasteiger partial charge in [-0.1, -0.05) is 24.3 Å². The first kappa shape index (κ1) is 32.8. The lowest BCUT2D eigenvalue weighted by Crippen LogP contribution is -2.32. The van der Waals surface area contributed by atoms with Gasteiger partial charge in [-0.05, 0) is 72.1 Å². The predicted molar refractivity (Wildman–Crippen MR) is 178 cm³/mol. The van der Waals surface area contributed by atoms with Crippen molar-refractivity contribution in [3.8, 4) is 22.5 Å². The number of hydrogen-bond acceptors (Lipinski definition) is 5. The summed E-state index contributed by atoms with van der Waals surface area (Å²) in [6, 6.07) is 21.3. The fourth-order valence-electron chi connectivity index (χ4n) is 6.22. The number of rotatable bonds is 9. The Hall–Kier alpha value is -5.10. The smallest absolute Gasteiger partial charge is 0.255 e. The molecule has 5 aromatic rings. The Morgan fingerprint density at radius 1 is 0.958 bits per heavy atom. The number of likely N-dealkylation sites (tertiary alicyclic amines) is 1. The van der Waals surface area contributed by atoms with Crippen molar-refractivity contribution in [2.24, 2.45) is 0 Å². The molecule has 1 aliphatic rings. The molecule has 6 rings (SSSR count). The number of sulfonamides is 1. The van der Waals surface area contributed by atoms with E-state index in [1.54, 1.807) is 47.4 Å². The number of nitrogens with zero attached hydrogens (tertiary/aromatic N) is 2. The van der Waals surface area contributed by atoms with Gasteiger partial charge in [0.2, 0.25) is 10.0 Å². The number of benzene rings is 4. The van der Waals surface area contributed by atoms with E-state index in [-0.39, 0.29) is 40.2 Å². The molecule has 1 aliphatic heterocycles. The van der Waals surface area contributed by atoms with Gasteiger partial charge in [-0.15, -0.1) is 0 Å². The van der Waals surface area contributed by atoms with Crippen molar-refractivity contribution >= 4 is 38.5 Å². The fraction of sp³-hybridized carbons (Fsp3) is 0.222. The number of anilines is 1. The zero-order valence-corrected chi connectivity index (χ0v) is 27.0. The van der Waals surface area contributed by atoms with Crippen molar-refractivity contribution in [3.05, 3.63) is 113 Å². The van der Waals surface area contributed by atoms with Crippen LogP contribution in [0.25, 0.3) is 33.4 Å². The van der Waals surface area contributed by atoms with Crippen LogP contribution in [0, 0.1) is 11.6 Å². The summed E-state index contributed by atoms with van der Waals surface area (Å²) in [5.41, 5.74) is 2.85. The average molecular weight is 676 g/mol. The van der Waals surface area contributed by atoms with Crippen LogP contribution < -0.4 is 9.62 Å². The maximum Gasteiger partial charge on any atom is 0.255 e. The second kappa shape index (κ2) is 13.2. The molecular weight excluding hydrogens is 643 g/mol. The van der Waals surface area contributed by atoms with Gasteiger partial charge >= 0.3 is 0 Å². The number of alkyl halides is 1. The molecule has 1 saturated heterocycles. The van der Waals surface area contributed by atoms with Crippen molar-refractivity contribution < 1.29 is 35.6 Å². The number of nitrogens with one attached hydrogen (secondary N) is 1. The molecule has 2 heterocycles. The molecule has 0 bridgehead atoms. The highest BCUT2D eigenvalue weighted by atomic mass is 32.2. The molecule has 0 aliphatic carbocycles. The third-order valence-electron chi connectivity index (χ3n) is 8.56. The van der Waals surface area contributed by atoms with E-state index in [2.05, 4.69) is 5.32 Å². The maximum atomic E-state index is 13.8. The Balaban J connectivity index is 1.47. The normalized spacial score (nSPS) is 14.8. The summed E-state index contributed by atoms with van der Waals surface area (Å²) in [4.78, 5) is 28.7. The lowest BCUT2D eigenvalue weighted by atomic mass is 9.97. The number of furan rings is 1. The molecule has 48 heavy (non-hydrogen) atoms. The van der Waals surface area contributed by atoms with Gasteiger partial charge in [0.1, 0.15) is 29.7 Å². The molecule has 1 fully saturated rings. The predicted octanol–water partition coefficient (Wildman–Crippen LogP) is 6.77. The first-order valence-corrected chi connectivity index (χ1v) is 17.1. The van der Waals surface area contributed by atoms with Crippen LogP contribution in [0.3, 0.4) is 0 Å². The van der Waals surface area contributed by atoms with E-state index in [0.717, 1.165) is 16.1 Å². The number of halogens is 3. The zero-order valence-electron chi connectivity index (χ0n) is 26.2. The number of carbonyl (C=O) groups is 2. The van der Waals surface area contributed by atoms with Gasteiger partial charge in [-0.3, -0.25) is 13.9 Å². The van der Waals surface area contributed by atoms with Crippen LogP contribution in [-0.4, -0.2) is 64.7 Å². The summed E-state index contributed by atoms with van der Waals surface area (Å²) in [6.07, 6.45) is 1.67. The van der Waals surface area contributed by atoms with Crippen molar-refractivity contribution in [1.29, 1.82) is 0 Å². The minimum atomic E-state index is -4.00. The summed E-state index contributed by atoms with van der Waals surface area (Å²) >= 11 is 0. The largest absolute Gasteiger partial charge is 0.455 e. The molecule has 0 spiro atoms. The molecule has 248 valence electrons. The summed E-state index contributed by atoms with van der Waals surface area (Å²) in [5, 5.41) is 2.93. The van der Waals surface area contributed by atoms with Gasteiger partial charge in [0.15, 0.2) is 0 Å². The van der Waals surface area contributed by atoms with Gasteiger partial charge in [0, 0.05) is 54.2 Å². The van der Waals surface area contributed by atoms with Crippen molar-refractivity contribution in [1.82, 2.24) is 10.2 Å². The first-order valence-electron chi connectivity index (χ1n) is 15.3. The van der Waals surface area contributed by atoms with E-state index in [4.69, 9.17) is 4.42 Å². The van der Waals surface area contributed by atoms with Crippen LogP contribution in [0.1, 0.15) is 38.6 Å². The van der Waals surface area contributed by atoms with E-state index < -0.39 is 35.0 Å². The monoisotopic (exact) mass is 675 g/mol. The number of amides is 2. The zero-order chi connectivity index (χ0) is 34.2. The third-order valence-corrected chi connectivity index (χ3v) is 9.74. The summed E-state index contributed by atoms with van der Waals surface area (Å²) in [5.74, 6) is -1.35. The second-order valence-corrected chi connectivity index (χ2v) is 13.6. The van der Waals surface area contributed by atoms with Gasteiger partial charge in [-0.25, -0.2) is 21.6 Å². The second-order valence-electron chi connectivity index (χ2n) is 11.7. The van der Waals surface area contributed by atoms with E-state index in [0.29, 0.717) is 47.2 Å². The molecule has 12 heteroatoms. The van der Waals surface area contributed by atoms with Crippen molar-refractivity contribution in [3.63, 3.8) is 0 Å². The quantitative estimate of drug-likeness (QED) is 0.186. The summed E-state index contributed by atoms with van der Waals surface area (Å²) in [7, 11) is -2.55. The standard InChI is InChI=1S/C36H32F3N3O5S/c1-40-35(43)33-30-19-29(24-4-3-5-25(18-24)36(44)41-16-14-26(21-41)22-6-10-27(38)11-7-22)31(42(17-15-37)48(2,45)46)20-32(30)47-34(33)23-8-12-28(39)13-9-23/h3-13,18-20,26H,14-17,21H2,1-2H3,(H,40,43). The Labute approximate surface area is 275 Å². The SMILES string of the molecule is CNC(=O)c1c(-c2ccc(F)cc2)oc2cc(N(CCF)S(C)(=O)=O)c(-c3cccc(C(=O)N4CCC(c5ccc(F)cc5)C4)c3)cc12. The Morgan fingerprint density at radius 2 is 1.65 bits per heavy atom. The van der Waals surface area contributed by atoms with Gasteiger partial charge in [0.25, 0.3) is 11.8 Å². The van der Waals surface area contributed by atoms with E-state index >= 15 is 0 Å². The topological polar surface area (TPSA) is 99.9 Å². The molecule has 1 N–H and O–H groups in total. The number of fused-ring (bicyclic) bond motifs is 1. The summed E-state index contributed by atoms with van der Waals surface area (Å²) < 4.78 is 74.0. The third kappa shape index (κ3) is 6.40. The lowest BCUT2D eigenvalue weighted by molar-refractivity contribution is 0.0790. The summed E-state index contributed by atoms with van der Waals surface area (Å²) in [6.45, 7) is -0.518. The van der Waals surface area contributed by atoms with Gasteiger partial charge in [0.05, 0.1) is 24.1 Å². The van der Waals surface area contributed by atoms with Crippen LogP contribution in [0.5, 0.6) is 0 Å². The molecule has 1 atom stereocenters. The van der Waals surface area contributed by atoms with Crippen LogP contribution >= 0.6 is 0 Å². The highest BCUT2D eigenvalue weighted by molar-refractivity contribution is 7.92. The highest BCUT2D eigenvalue weighted by Crippen LogP contribution is 2.42. The van der Waals surface area contributed by atoms with E-state index in [1.165, 1.54) is 49.5 Å². The minimum Gasteiger partial charge on any atom is -0.455 e. The number of hydrogen-bond donors (Lipinski definition) is 1. The van der Waals surface area contributed by atoms with Crippen molar-refractivity contribution in [2.75, 3.05) is 43.9 Å². The molecule has 0 saturated carbocycles. The van der Waals surface area contributed by atoms with E-state index in [9.17, 15) is 31.2 Å². The Bertz CT molecular complexity index is 2120. The van der Waals surface area contributed by atoms with Crippen LogP contribution in [0.2, 0.25) is 0 Å². The first-order chi connectivity index (χ1) is 23.0. The maximum absolute atomic E-state index is 13.8. The molecule has 1 aromatic heterocycles. The van der Waals surface area contributed by atoms with Gasteiger partial charge < -0.3 is 14.6 Å².